The molecule has 0 aliphatic heterocycles. The van der Waals surface area contributed by atoms with Gasteiger partial charge in [0.2, 0.25) is 6.71 Å². The van der Waals surface area contributed by atoms with E-state index in [0.717, 1.165) is 0 Å². The number of benzene rings is 6. The number of rotatable bonds is 3. The van der Waals surface area contributed by atoms with Crippen LogP contribution < -0.4 is 16.4 Å². The van der Waals surface area contributed by atoms with Crippen molar-refractivity contribution in [2.75, 3.05) is 0 Å². The molecule has 1 heterocycles. The van der Waals surface area contributed by atoms with Crippen LogP contribution in [0.25, 0.3) is 32.3 Å². The number of nitrogens with zero attached hydrogens (tertiary/aromatic N) is 1. The zero-order valence-electron chi connectivity index (χ0n) is 20.5. The molecule has 0 amide bonds. The second-order valence-corrected chi connectivity index (χ2v) is 9.28. The van der Waals surface area contributed by atoms with Crippen LogP contribution in [-0.4, -0.2) is 11.7 Å². The van der Waals surface area contributed by atoms with Crippen molar-refractivity contribution >= 4 is 55.4 Å². The Kier molecular flexibility index (Phi) is 6.47. The van der Waals surface area contributed by atoms with Gasteiger partial charge >= 0.3 is 0 Å². The summed E-state index contributed by atoms with van der Waals surface area (Å²) in [4.78, 5) is 3.78. The summed E-state index contributed by atoms with van der Waals surface area (Å²) >= 11 is 0. The van der Waals surface area contributed by atoms with E-state index in [1.165, 1.54) is 48.7 Å². The topological polar surface area (TPSA) is 12.9 Å². The molecule has 0 atom stereocenters. The standard InChI is InChI=1S/C30H21B.C5H5N/c1-4-10-25-19-28(16-13-22(25)7-1)31(29-17-14-23-8-2-5-11-26(23)20-29)30-18-15-24-9-3-6-12-27(24)21-30;1-2-4-6-5-3-1/h1-21H;1-5H. The molecule has 0 unspecified atom stereocenters. The molecule has 6 aromatic carbocycles. The van der Waals surface area contributed by atoms with Gasteiger partial charge < -0.3 is 0 Å². The van der Waals surface area contributed by atoms with Crippen LogP contribution in [0.5, 0.6) is 0 Å². The number of fused-ring (bicyclic) bond motifs is 3. The first-order valence-corrected chi connectivity index (χ1v) is 12.7. The summed E-state index contributed by atoms with van der Waals surface area (Å²) in [6.45, 7) is 0.179. The first-order chi connectivity index (χ1) is 18.3. The summed E-state index contributed by atoms with van der Waals surface area (Å²) in [5.74, 6) is 0. The van der Waals surface area contributed by atoms with Crippen molar-refractivity contribution in [2.24, 2.45) is 0 Å². The smallest absolute Gasteiger partial charge is 0.241 e. The minimum atomic E-state index is 0.179. The molecule has 37 heavy (non-hydrogen) atoms. The number of aromatic nitrogens is 1. The van der Waals surface area contributed by atoms with Gasteiger partial charge in [-0.3, -0.25) is 4.98 Å². The van der Waals surface area contributed by atoms with Crippen LogP contribution in [0.1, 0.15) is 0 Å². The normalized spacial score (nSPS) is 10.7. The van der Waals surface area contributed by atoms with Crippen LogP contribution >= 0.6 is 0 Å². The minimum Gasteiger partial charge on any atom is -0.265 e. The summed E-state index contributed by atoms with van der Waals surface area (Å²) in [6.07, 6.45) is 3.50. The van der Waals surface area contributed by atoms with Gasteiger partial charge in [0.1, 0.15) is 0 Å². The van der Waals surface area contributed by atoms with Gasteiger partial charge in [0, 0.05) is 12.4 Å². The van der Waals surface area contributed by atoms with Crippen molar-refractivity contribution in [1.82, 2.24) is 4.98 Å². The van der Waals surface area contributed by atoms with Gasteiger partial charge in [-0.15, -0.1) is 0 Å². The quantitative estimate of drug-likeness (QED) is 0.260. The van der Waals surface area contributed by atoms with Crippen LogP contribution in [0, 0.1) is 0 Å². The molecule has 0 saturated carbocycles. The second kappa shape index (κ2) is 10.5. The highest BCUT2D eigenvalue weighted by molar-refractivity contribution is 6.95. The fraction of sp³-hybridized carbons (Fsp3) is 0. The van der Waals surface area contributed by atoms with Gasteiger partial charge in [-0.25, -0.2) is 0 Å². The molecule has 7 rings (SSSR count). The van der Waals surface area contributed by atoms with Crippen molar-refractivity contribution < 1.29 is 0 Å². The predicted molar refractivity (Wildman–Crippen MR) is 161 cm³/mol. The Morgan fingerprint density at radius 1 is 0.324 bits per heavy atom. The lowest BCUT2D eigenvalue weighted by molar-refractivity contribution is 1.33. The molecule has 0 fully saturated rings. The lowest BCUT2D eigenvalue weighted by Crippen LogP contribution is -2.51. The Balaban J connectivity index is 0.000000372. The van der Waals surface area contributed by atoms with Crippen LogP contribution in [0.3, 0.4) is 0 Å². The number of hydrogen-bond acceptors (Lipinski definition) is 1. The average molecular weight is 471 g/mol. The molecule has 0 N–H and O–H groups in total. The Morgan fingerprint density at radius 3 is 0.973 bits per heavy atom. The summed E-state index contributed by atoms with van der Waals surface area (Å²) in [6, 6.07) is 52.2. The molecule has 1 nitrogen and oxygen atoms in total. The average Bonchev–Trinajstić information content (AvgIpc) is 2.98. The third-order valence-electron chi connectivity index (χ3n) is 6.89. The first kappa shape index (κ1) is 22.8. The Bertz CT molecular complexity index is 1580. The van der Waals surface area contributed by atoms with E-state index < -0.39 is 0 Å². The Labute approximate surface area is 218 Å². The second-order valence-electron chi connectivity index (χ2n) is 9.28. The fourth-order valence-electron chi connectivity index (χ4n) is 5.05. The van der Waals surface area contributed by atoms with Crippen LogP contribution in [-0.2, 0) is 0 Å². The molecule has 0 radical (unpaired) electrons. The zero-order chi connectivity index (χ0) is 24.9. The summed E-state index contributed by atoms with van der Waals surface area (Å²) in [5.41, 5.74) is 3.97. The SMILES string of the molecule is c1ccc2cc(B(c3ccc4ccccc4c3)c3ccc4ccccc4c3)ccc2c1.c1ccncc1. The predicted octanol–water partition coefficient (Wildman–Crippen LogP) is 6.74. The fourth-order valence-corrected chi connectivity index (χ4v) is 5.05. The van der Waals surface area contributed by atoms with E-state index in [0.29, 0.717) is 0 Å². The van der Waals surface area contributed by atoms with E-state index in [4.69, 9.17) is 0 Å². The molecule has 7 aromatic rings. The number of pyridine rings is 1. The third kappa shape index (κ3) is 5.01. The lowest BCUT2D eigenvalue weighted by Gasteiger charge is -2.18. The van der Waals surface area contributed by atoms with Crippen molar-refractivity contribution in [3.8, 4) is 0 Å². The highest BCUT2D eigenvalue weighted by atomic mass is 14.6. The summed E-state index contributed by atoms with van der Waals surface area (Å²) < 4.78 is 0. The van der Waals surface area contributed by atoms with E-state index in [2.05, 4.69) is 132 Å². The van der Waals surface area contributed by atoms with Crippen molar-refractivity contribution in [1.29, 1.82) is 0 Å². The molecular formula is C35H26BN. The highest BCUT2D eigenvalue weighted by Gasteiger charge is 2.22. The van der Waals surface area contributed by atoms with Gasteiger partial charge in [-0.05, 0) is 44.5 Å². The molecule has 0 saturated heterocycles. The lowest BCUT2D eigenvalue weighted by atomic mass is 9.36. The number of hydrogen-bond donors (Lipinski definition) is 0. The van der Waals surface area contributed by atoms with Gasteiger partial charge in [0.15, 0.2) is 0 Å². The zero-order valence-corrected chi connectivity index (χ0v) is 20.5. The first-order valence-electron chi connectivity index (χ1n) is 12.7. The molecule has 0 aliphatic carbocycles. The summed E-state index contributed by atoms with van der Waals surface area (Å²) in [5, 5.41) is 7.69. The summed E-state index contributed by atoms with van der Waals surface area (Å²) in [7, 11) is 0. The molecule has 0 aliphatic rings. The van der Waals surface area contributed by atoms with E-state index in [1.54, 1.807) is 12.4 Å². The monoisotopic (exact) mass is 471 g/mol. The van der Waals surface area contributed by atoms with Crippen LogP contribution in [0.2, 0.25) is 0 Å². The van der Waals surface area contributed by atoms with E-state index >= 15 is 0 Å². The van der Waals surface area contributed by atoms with E-state index in [-0.39, 0.29) is 6.71 Å². The molecular weight excluding hydrogens is 445 g/mol. The van der Waals surface area contributed by atoms with Gasteiger partial charge in [-0.1, -0.05) is 150 Å². The molecule has 0 spiro atoms. The van der Waals surface area contributed by atoms with Crippen LogP contribution in [0.4, 0.5) is 0 Å². The van der Waals surface area contributed by atoms with Crippen molar-refractivity contribution in [2.45, 2.75) is 0 Å². The minimum absolute atomic E-state index is 0.179. The molecule has 2 heteroatoms. The van der Waals surface area contributed by atoms with E-state index in [9.17, 15) is 0 Å². The van der Waals surface area contributed by atoms with Gasteiger partial charge in [-0.2, -0.15) is 0 Å². The van der Waals surface area contributed by atoms with Gasteiger partial charge in [0.25, 0.3) is 0 Å². The maximum Gasteiger partial charge on any atom is 0.241 e. The van der Waals surface area contributed by atoms with Crippen molar-refractivity contribution in [3.63, 3.8) is 0 Å². The molecule has 0 bridgehead atoms. The Morgan fingerprint density at radius 2 is 0.676 bits per heavy atom. The third-order valence-corrected chi connectivity index (χ3v) is 6.89. The van der Waals surface area contributed by atoms with E-state index in [1.807, 2.05) is 18.2 Å². The highest BCUT2D eigenvalue weighted by Crippen LogP contribution is 2.16. The van der Waals surface area contributed by atoms with Crippen molar-refractivity contribution in [3.05, 3.63) is 158 Å². The maximum atomic E-state index is 3.78. The van der Waals surface area contributed by atoms with Crippen LogP contribution in [0.15, 0.2) is 158 Å². The maximum absolute atomic E-state index is 3.78. The molecule has 174 valence electrons. The largest absolute Gasteiger partial charge is 0.265 e. The van der Waals surface area contributed by atoms with Gasteiger partial charge in [0.05, 0.1) is 0 Å². The Hall–Kier alpha value is -4.69. The molecule has 1 aromatic heterocycles.